The second-order valence-corrected chi connectivity index (χ2v) is 7.08. The number of hydrogen-bond donors (Lipinski definition) is 1. The summed E-state index contributed by atoms with van der Waals surface area (Å²) in [4.78, 5) is 8.53. The fraction of sp³-hybridized carbons (Fsp3) is 0.333. The van der Waals surface area contributed by atoms with Gasteiger partial charge in [-0.1, -0.05) is 56.7 Å². The molecule has 1 N–H and O–H groups in total. The fourth-order valence-corrected chi connectivity index (χ4v) is 2.56. The first kappa shape index (κ1) is 18.8. The first-order chi connectivity index (χ1) is 11.8. The van der Waals surface area contributed by atoms with E-state index in [4.69, 9.17) is 0 Å². The molecule has 0 atom stereocenters. The van der Waals surface area contributed by atoms with Crippen molar-refractivity contribution in [3.05, 3.63) is 70.5 Å². The van der Waals surface area contributed by atoms with Crippen LogP contribution >= 0.6 is 0 Å². The van der Waals surface area contributed by atoms with E-state index in [1.54, 1.807) is 26.2 Å². The molecule has 0 heterocycles. The Morgan fingerprint density at radius 2 is 1.52 bits per heavy atom. The Balaban J connectivity index is 2.31. The summed E-state index contributed by atoms with van der Waals surface area (Å²) in [5.41, 5.74) is 3.69. The van der Waals surface area contributed by atoms with Gasteiger partial charge in [-0.15, -0.1) is 0 Å². The molecule has 0 radical (unpaired) electrons. The van der Waals surface area contributed by atoms with Crippen LogP contribution in [0, 0.1) is 12.7 Å². The second kappa shape index (κ2) is 7.60. The average Bonchev–Trinajstić information content (AvgIpc) is 2.58. The molecule has 0 amide bonds. The van der Waals surface area contributed by atoms with Crippen LogP contribution in [0.5, 0.6) is 0 Å². The smallest absolute Gasteiger partial charge is 0.136 e. The Labute approximate surface area is 149 Å². The Morgan fingerprint density at radius 1 is 0.920 bits per heavy atom. The average molecular weight is 339 g/mol. The monoisotopic (exact) mass is 339 g/mol. The molecule has 0 saturated heterocycles. The molecule has 3 nitrogen and oxygen atoms in total. The largest absolute Gasteiger partial charge is 0.324 e. The van der Waals surface area contributed by atoms with E-state index in [1.807, 2.05) is 19.1 Å². The van der Waals surface area contributed by atoms with Crippen LogP contribution in [0.3, 0.4) is 0 Å². The summed E-state index contributed by atoms with van der Waals surface area (Å²) in [7, 11) is 3.35. The minimum absolute atomic E-state index is 0.0935. The van der Waals surface area contributed by atoms with Gasteiger partial charge in [0.05, 0.1) is 5.56 Å². The molecule has 0 unspecified atom stereocenters. The number of benzene rings is 2. The molecule has 2 aromatic carbocycles. The zero-order valence-corrected chi connectivity index (χ0v) is 15.8. The van der Waals surface area contributed by atoms with Crippen molar-refractivity contribution in [2.45, 2.75) is 33.1 Å². The van der Waals surface area contributed by atoms with Crippen molar-refractivity contribution in [1.82, 2.24) is 5.32 Å². The number of amidine groups is 2. The SMILES string of the molecule is CN=C(NC(=NC)c1cc(C)ccc1F)c1ccc(C(C)(C)C)cc1. The van der Waals surface area contributed by atoms with Crippen molar-refractivity contribution in [3.63, 3.8) is 0 Å². The molecular weight excluding hydrogens is 313 g/mol. The lowest BCUT2D eigenvalue weighted by Crippen LogP contribution is -2.33. The first-order valence-electron chi connectivity index (χ1n) is 8.34. The number of hydrogen-bond acceptors (Lipinski definition) is 2. The number of halogens is 1. The predicted octanol–water partition coefficient (Wildman–Crippen LogP) is 4.47. The van der Waals surface area contributed by atoms with Gasteiger partial charge >= 0.3 is 0 Å². The highest BCUT2D eigenvalue weighted by atomic mass is 19.1. The van der Waals surface area contributed by atoms with E-state index < -0.39 is 0 Å². The van der Waals surface area contributed by atoms with Gasteiger partial charge in [-0.3, -0.25) is 9.98 Å². The quantitative estimate of drug-likeness (QED) is 0.636. The van der Waals surface area contributed by atoms with Crippen molar-refractivity contribution in [3.8, 4) is 0 Å². The molecule has 132 valence electrons. The third kappa shape index (κ3) is 4.53. The van der Waals surface area contributed by atoms with E-state index in [0.29, 0.717) is 17.2 Å². The molecule has 0 aliphatic rings. The van der Waals surface area contributed by atoms with Gasteiger partial charge in [-0.25, -0.2) is 4.39 Å². The molecule has 0 spiro atoms. The lowest BCUT2D eigenvalue weighted by molar-refractivity contribution is 0.590. The third-order valence-electron chi connectivity index (χ3n) is 4.09. The van der Waals surface area contributed by atoms with E-state index in [2.05, 4.69) is 48.2 Å². The van der Waals surface area contributed by atoms with Crippen molar-refractivity contribution >= 4 is 11.7 Å². The van der Waals surface area contributed by atoms with E-state index in [9.17, 15) is 4.39 Å². The summed E-state index contributed by atoms with van der Waals surface area (Å²) in [6.45, 7) is 8.46. The lowest BCUT2D eigenvalue weighted by atomic mass is 9.86. The van der Waals surface area contributed by atoms with Crippen LogP contribution in [0.2, 0.25) is 0 Å². The number of aryl methyl sites for hydroxylation is 1. The fourth-order valence-electron chi connectivity index (χ4n) is 2.56. The Hall–Kier alpha value is -2.49. The van der Waals surface area contributed by atoms with Crippen molar-refractivity contribution in [1.29, 1.82) is 0 Å². The van der Waals surface area contributed by atoms with Gasteiger partial charge in [-0.2, -0.15) is 0 Å². The first-order valence-corrected chi connectivity index (χ1v) is 8.34. The third-order valence-corrected chi connectivity index (χ3v) is 4.09. The van der Waals surface area contributed by atoms with Crippen molar-refractivity contribution in [2.24, 2.45) is 9.98 Å². The van der Waals surface area contributed by atoms with Gasteiger partial charge < -0.3 is 5.32 Å². The van der Waals surface area contributed by atoms with Crippen LogP contribution in [-0.2, 0) is 5.41 Å². The summed E-state index contributed by atoms with van der Waals surface area (Å²) in [6, 6.07) is 13.2. The van der Waals surface area contributed by atoms with Crippen LogP contribution in [0.4, 0.5) is 4.39 Å². The second-order valence-electron chi connectivity index (χ2n) is 7.08. The number of aliphatic imine (C=N–C) groups is 2. The highest BCUT2D eigenvalue weighted by molar-refractivity contribution is 6.14. The maximum atomic E-state index is 14.2. The van der Waals surface area contributed by atoms with Gasteiger partial charge in [0.25, 0.3) is 0 Å². The topological polar surface area (TPSA) is 36.8 Å². The minimum atomic E-state index is -0.308. The van der Waals surface area contributed by atoms with E-state index >= 15 is 0 Å². The highest BCUT2D eigenvalue weighted by Crippen LogP contribution is 2.22. The van der Waals surface area contributed by atoms with Crippen LogP contribution in [0.15, 0.2) is 52.4 Å². The van der Waals surface area contributed by atoms with Crippen molar-refractivity contribution < 1.29 is 4.39 Å². The summed E-state index contributed by atoms with van der Waals surface area (Å²) in [6.07, 6.45) is 0. The van der Waals surface area contributed by atoms with Gasteiger partial charge in [-0.05, 0) is 30.0 Å². The lowest BCUT2D eigenvalue weighted by Gasteiger charge is -2.19. The summed E-state index contributed by atoms with van der Waals surface area (Å²) in [5, 5.41) is 3.17. The van der Waals surface area contributed by atoms with Crippen LogP contribution < -0.4 is 5.32 Å². The Kier molecular flexibility index (Phi) is 5.73. The Morgan fingerprint density at radius 3 is 2.04 bits per heavy atom. The summed E-state index contributed by atoms with van der Waals surface area (Å²) >= 11 is 0. The summed E-state index contributed by atoms with van der Waals surface area (Å²) < 4.78 is 14.2. The maximum Gasteiger partial charge on any atom is 0.136 e. The number of rotatable bonds is 2. The number of nitrogens with one attached hydrogen (secondary N) is 1. The van der Waals surface area contributed by atoms with Gasteiger partial charge in [0.2, 0.25) is 0 Å². The zero-order chi connectivity index (χ0) is 18.6. The van der Waals surface area contributed by atoms with Crippen LogP contribution in [0.25, 0.3) is 0 Å². The molecule has 0 saturated carbocycles. The van der Waals surface area contributed by atoms with Gasteiger partial charge in [0.1, 0.15) is 17.5 Å². The maximum absolute atomic E-state index is 14.2. The minimum Gasteiger partial charge on any atom is -0.324 e. The normalized spacial score (nSPS) is 13.1. The molecule has 0 aromatic heterocycles. The zero-order valence-electron chi connectivity index (χ0n) is 15.8. The van der Waals surface area contributed by atoms with Gasteiger partial charge in [0, 0.05) is 19.7 Å². The molecule has 0 bridgehead atoms. The standard InChI is InChI=1S/C21H26FN3/c1-14-7-12-18(22)17(13-14)20(24-6)25-19(23-5)15-8-10-16(11-9-15)21(2,3)4/h7-13H,1-6H3,(H,23,24,25). The van der Waals surface area contributed by atoms with Gasteiger partial charge in [0.15, 0.2) is 0 Å². The molecule has 0 aliphatic heterocycles. The predicted molar refractivity (Wildman–Crippen MR) is 104 cm³/mol. The van der Waals surface area contributed by atoms with E-state index in [0.717, 1.165) is 11.1 Å². The Bertz CT molecular complexity index is 797. The van der Waals surface area contributed by atoms with E-state index in [-0.39, 0.29) is 11.2 Å². The highest BCUT2D eigenvalue weighted by Gasteiger charge is 2.15. The molecule has 0 fully saturated rings. The molecule has 25 heavy (non-hydrogen) atoms. The molecule has 0 aliphatic carbocycles. The van der Waals surface area contributed by atoms with E-state index in [1.165, 1.54) is 11.6 Å². The summed E-state index contributed by atoms with van der Waals surface area (Å²) in [5.74, 6) is 0.806. The number of nitrogens with zero attached hydrogens (tertiary/aromatic N) is 2. The molecule has 2 rings (SSSR count). The molecular formula is C21H26FN3. The van der Waals surface area contributed by atoms with Crippen molar-refractivity contribution in [2.75, 3.05) is 14.1 Å². The van der Waals surface area contributed by atoms with Crippen LogP contribution in [-0.4, -0.2) is 25.8 Å². The molecule has 2 aromatic rings. The molecule has 4 heteroatoms. The van der Waals surface area contributed by atoms with Crippen LogP contribution in [0.1, 0.15) is 43.0 Å².